The van der Waals surface area contributed by atoms with Crippen molar-refractivity contribution in [3.63, 3.8) is 0 Å². The summed E-state index contributed by atoms with van der Waals surface area (Å²) in [5.74, 6) is 0.501. The minimum Gasteiger partial charge on any atom is -0.261 e. The van der Waals surface area contributed by atoms with Crippen LogP contribution in [-0.2, 0) is 6.42 Å². The van der Waals surface area contributed by atoms with Crippen molar-refractivity contribution in [2.24, 2.45) is 0 Å². The molecule has 0 fully saturated rings. The summed E-state index contributed by atoms with van der Waals surface area (Å²) in [5, 5.41) is 0.556. The normalized spacial score (nSPS) is 12.4. The third kappa shape index (κ3) is 4.32. The van der Waals surface area contributed by atoms with Crippen LogP contribution in [0.15, 0.2) is 36.7 Å². The average Bonchev–Trinajstić information content (AvgIpc) is 2.41. The van der Waals surface area contributed by atoms with Crippen LogP contribution in [0.3, 0.4) is 0 Å². The fourth-order valence-corrected chi connectivity index (χ4v) is 2.20. The van der Waals surface area contributed by atoms with Crippen LogP contribution in [0, 0.1) is 6.92 Å². The number of pyridine rings is 2. The number of aryl methyl sites for hydroxylation is 2. The maximum absolute atomic E-state index is 5.77. The van der Waals surface area contributed by atoms with Crippen LogP contribution in [0.1, 0.15) is 42.5 Å². The van der Waals surface area contributed by atoms with E-state index < -0.39 is 0 Å². The maximum atomic E-state index is 5.77. The largest absolute Gasteiger partial charge is 0.261 e. The molecular weight excluding hydrogens is 256 g/mol. The Labute approximate surface area is 119 Å². The zero-order chi connectivity index (χ0) is 13.7. The van der Waals surface area contributed by atoms with Gasteiger partial charge in [0.15, 0.2) is 0 Å². The fraction of sp³-hybridized carbons (Fsp3) is 0.375. The molecule has 0 saturated carbocycles. The van der Waals surface area contributed by atoms with Gasteiger partial charge < -0.3 is 0 Å². The van der Waals surface area contributed by atoms with Crippen molar-refractivity contribution in [2.75, 3.05) is 0 Å². The van der Waals surface area contributed by atoms with Crippen LogP contribution in [-0.4, -0.2) is 9.97 Å². The van der Waals surface area contributed by atoms with Crippen molar-refractivity contribution in [1.29, 1.82) is 0 Å². The van der Waals surface area contributed by atoms with E-state index in [9.17, 15) is 0 Å². The predicted octanol–water partition coefficient (Wildman–Crippen LogP) is 4.56. The Hall–Kier alpha value is -1.41. The van der Waals surface area contributed by atoms with Crippen molar-refractivity contribution < 1.29 is 0 Å². The smallest absolute Gasteiger partial charge is 0.129 e. The highest BCUT2D eigenvalue weighted by molar-refractivity contribution is 6.29. The molecule has 2 nitrogen and oxygen atoms in total. The molecule has 0 aliphatic carbocycles. The average molecular weight is 275 g/mol. The molecule has 2 rings (SSSR count). The van der Waals surface area contributed by atoms with E-state index in [2.05, 4.69) is 35.9 Å². The number of halogens is 1. The lowest BCUT2D eigenvalue weighted by molar-refractivity contribution is 0.619. The van der Waals surface area contributed by atoms with Crippen LogP contribution < -0.4 is 0 Å². The summed E-state index contributed by atoms with van der Waals surface area (Å²) in [5.41, 5.74) is 3.64. The Balaban J connectivity index is 1.82. The summed E-state index contributed by atoms with van der Waals surface area (Å²) in [6.07, 6.45) is 7.12. The van der Waals surface area contributed by atoms with Crippen LogP contribution >= 0.6 is 11.6 Å². The summed E-state index contributed by atoms with van der Waals surface area (Å²) >= 11 is 5.77. The summed E-state index contributed by atoms with van der Waals surface area (Å²) in [7, 11) is 0. The Bertz CT molecular complexity index is 505. The van der Waals surface area contributed by atoms with Gasteiger partial charge in [-0.15, -0.1) is 0 Å². The quantitative estimate of drug-likeness (QED) is 0.747. The first-order chi connectivity index (χ1) is 9.15. The number of nitrogens with zero attached hydrogens (tertiary/aromatic N) is 2. The monoisotopic (exact) mass is 274 g/mol. The first-order valence-corrected chi connectivity index (χ1v) is 7.06. The Morgan fingerprint density at radius 1 is 1.11 bits per heavy atom. The summed E-state index contributed by atoms with van der Waals surface area (Å²) in [6, 6.07) is 8.15. The molecule has 0 aliphatic heterocycles. The van der Waals surface area contributed by atoms with Gasteiger partial charge in [-0.3, -0.25) is 4.98 Å². The van der Waals surface area contributed by atoms with E-state index in [0.717, 1.165) is 19.3 Å². The molecule has 2 aromatic heterocycles. The van der Waals surface area contributed by atoms with E-state index in [1.807, 2.05) is 24.5 Å². The highest BCUT2D eigenvalue weighted by Crippen LogP contribution is 2.20. The highest BCUT2D eigenvalue weighted by Gasteiger charge is 2.06. The fourth-order valence-electron chi connectivity index (χ4n) is 2.09. The first-order valence-electron chi connectivity index (χ1n) is 6.68. The lowest BCUT2D eigenvalue weighted by Gasteiger charge is -2.10. The standard InChI is InChI=1S/C16H19ClN2/c1-12-6-8-15(18-10-12)13(2)4-3-5-14-7-9-16(17)19-11-14/h6-11,13H,3-5H2,1-2H3. The van der Waals surface area contributed by atoms with Crippen molar-refractivity contribution >= 4 is 11.6 Å². The molecule has 0 spiro atoms. The molecule has 0 aromatic carbocycles. The van der Waals surface area contributed by atoms with Gasteiger partial charge in [0.1, 0.15) is 5.15 Å². The third-order valence-corrected chi connectivity index (χ3v) is 3.55. The molecule has 19 heavy (non-hydrogen) atoms. The Morgan fingerprint density at radius 2 is 1.95 bits per heavy atom. The second kappa shape index (κ2) is 6.67. The van der Waals surface area contributed by atoms with E-state index in [0.29, 0.717) is 11.1 Å². The van der Waals surface area contributed by atoms with Crippen LogP contribution in [0.5, 0.6) is 0 Å². The van der Waals surface area contributed by atoms with Crippen LogP contribution in [0.25, 0.3) is 0 Å². The molecule has 0 N–H and O–H groups in total. The van der Waals surface area contributed by atoms with Gasteiger partial charge in [0.25, 0.3) is 0 Å². The second-order valence-electron chi connectivity index (χ2n) is 5.04. The molecule has 3 heteroatoms. The molecule has 0 radical (unpaired) electrons. The van der Waals surface area contributed by atoms with Gasteiger partial charge in [-0.05, 0) is 55.4 Å². The highest BCUT2D eigenvalue weighted by atomic mass is 35.5. The molecule has 1 atom stereocenters. The summed E-state index contributed by atoms with van der Waals surface area (Å²) < 4.78 is 0. The van der Waals surface area contributed by atoms with Gasteiger partial charge in [-0.25, -0.2) is 4.98 Å². The lowest BCUT2D eigenvalue weighted by Crippen LogP contribution is -1.98. The molecule has 2 aromatic rings. The molecule has 0 aliphatic rings. The van der Waals surface area contributed by atoms with Crippen molar-refractivity contribution in [3.05, 3.63) is 58.6 Å². The maximum Gasteiger partial charge on any atom is 0.129 e. The van der Waals surface area contributed by atoms with E-state index in [4.69, 9.17) is 11.6 Å². The number of rotatable bonds is 5. The topological polar surface area (TPSA) is 25.8 Å². The van der Waals surface area contributed by atoms with Crippen molar-refractivity contribution in [1.82, 2.24) is 9.97 Å². The van der Waals surface area contributed by atoms with E-state index in [1.165, 1.54) is 16.8 Å². The van der Waals surface area contributed by atoms with Crippen LogP contribution in [0.4, 0.5) is 0 Å². The minimum absolute atomic E-state index is 0.501. The summed E-state index contributed by atoms with van der Waals surface area (Å²) in [6.45, 7) is 4.30. The molecule has 0 saturated heterocycles. The van der Waals surface area contributed by atoms with Crippen molar-refractivity contribution in [3.8, 4) is 0 Å². The molecule has 1 unspecified atom stereocenters. The second-order valence-corrected chi connectivity index (χ2v) is 5.43. The predicted molar refractivity (Wildman–Crippen MR) is 79.6 cm³/mol. The number of hydrogen-bond acceptors (Lipinski definition) is 2. The number of hydrogen-bond donors (Lipinski definition) is 0. The first kappa shape index (κ1) is 14.0. The van der Waals surface area contributed by atoms with Gasteiger partial charge in [0, 0.05) is 18.1 Å². The summed E-state index contributed by atoms with van der Waals surface area (Å²) in [4.78, 5) is 8.58. The van der Waals surface area contributed by atoms with E-state index in [-0.39, 0.29) is 0 Å². The SMILES string of the molecule is Cc1ccc(C(C)CCCc2ccc(Cl)nc2)nc1. The number of aromatic nitrogens is 2. The van der Waals surface area contributed by atoms with Gasteiger partial charge >= 0.3 is 0 Å². The molecule has 0 bridgehead atoms. The van der Waals surface area contributed by atoms with Crippen molar-refractivity contribution in [2.45, 2.75) is 39.0 Å². The molecule has 2 heterocycles. The van der Waals surface area contributed by atoms with Crippen LogP contribution in [0.2, 0.25) is 5.15 Å². The molecule has 100 valence electrons. The zero-order valence-electron chi connectivity index (χ0n) is 11.4. The minimum atomic E-state index is 0.501. The van der Waals surface area contributed by atoms with E-state index >= 15 is 0 Å². The van der Waals surface area contributed by atoms with Gasteiger partial charge in [-0.2, -0.15) is 0 Å². The van der Waals surface area contributed by atoms with Gasteiger partial charge in [-0.1, -0.05) is 30.7 Å². The molecule has 0 amide bonds. The van der Waals surface area contributed by atoms with Gasteiger partial charge in [0.05, 0.1) is 0 Å². The van der Waals surface area contributed by atoms with E-state index in [1.54, 1.807) is 0 Å². The van der Waals surface area contributed by atoms with Gasteiger partial charge in [0.2, 0.25) is 0 Å². The third-order valence-electron chi connectivity index (χ3n) is 3.33. The molecular formula is C16H19ClN2. The zero-order valence-corrected chi connectivity index (χ0v) is 12.2. The Morgan fingerprint density at radius 3 is 2.58 bits per heavy atom. The Kier molecular flexibility index (Phi) is 4.92. The lowest BCUT2D eigenvalue weighted by atomic mass is 9.98.